The summed E-state index contributed by atoms with van der Waals surface area (Å²) in [5.41, 5.74) is 5.54. The van der Waals surface area contributed by atoms with Crippen molar-refractivity contribution in [1.82, 2.24) is 4.72 Å². The average Bonchev–Trinajstić information content (AvgIpc) is 3.17. The monoisotopic (exact) mass is 415 g/mol. The van der Waals surface area contributed by atoms with Crippen molar-refractivity contribution in [1.29, 1.82) is 0 Å². The molecule has 116 valence electrons. The Bertz CT molecular complexity index is 669. The molecule has 1 saturated carbocycles. The summed E-state index contributed by atoms with van der Waals surface area (Å²) in [4.78, 5) is -0.231. The number of nitrogens with zero attached hydrogens (tertiary/aromatic N) is 1. The molecule has 0 amide bonds. The van der Waals surface area contributed by atoms with E-state index in [0.717, 1.165) is 12.8 Å². The van der Waals surface area contributed by atoms with Crippen molar-refractivity contribution >= 4 is 55.0 Å². The van der Waals surface area contributed by atoms with Gasteiger partial charge in [-0.05, 0) is 30.9 Å². The van der Waals surface area contributed by atoms with E-state index in [-0.39, 0.29) is 26.7 Å². The van der Waals surface area contributed by atoms with Gasteiger partial charge >= 0.3 is 0 Å². The fraction of sp³-hybridized carbons (Fsp3) is 0.364. The first-order chi connectivity index (χ1) is 9.76. The molecule has 10 heteroatoms. The third-order valence-corrected chi connectivity index (χ3v) is 5.86. The molecule has 1 fully saturated rings. The maximum absolute atomic E-state index is 12.5. The van der Waals surface area contributed by atoms with Crippen LogP contribution in [0.2, 0.25) is 10.0 Å². The Morgan fingerprint density at radius 1 is 1.43 bits per heavy atom. The Kier molecular flexibility index (Phi) is 5.04. The summed E-state index contributed by atoms with van der Waals surface area (Å²) in [5, 5.41) is 11.6. The smallest absolute Gasteiger partial charge is 0.244 e. The molecular weight excluding hydrogens is 405 g/mol. The summed E-state index contributed by atoms with van der Waals surface area (Å²) in [6, 6.07) is 2.07. The molecule has 1 aliphatic carbocycles. The lowest BCUT2D eigenvalue weighted by Gasteiger charge is -2.18. The van der Waals surface area contributed by atoms with Crippen molar-refractivity contribution in [2.75, 3.05) is 0 Å². The topological polar surface area (TPSA) is 105 Å². The molecule has 4 N–H and O–H groups in total. The number of benzene rings is 1. The van der Waals surface area contributed by atoms with E-state index in [1.807, 2.05) is 0 Å². The van der Waals surface area contributed by atoms with E-state index in [0.29, 0.717) is 4.47 Å². The summed E-state index contributed by atoms with van der Waals surface area (Å²) < 4.78 is 27.9. The zero-order valence-corrected chi connectivity index (χ0v) is 14.5. The zero-order valence-electron chi connectivity index (χ0n) is 10.6. The third kappa shape index (κ3) is 3.81. The summed E-state index contributed by atoms with van der Waals surface area (Å²) in [7, 11) is -4.00. The second kappa shape index (κ2) is 6.29. The second-order valence-electron chi connectivity index (χ2n) is 4.66. The quantitative estimate of drug-likeness (QED) is 0.297. The molecule has 0 heterocycles. The largest absolute Gasteiger partial charge is 0.409 e. The minimum Gasteiger partial charge on any atom is -0.409 e. The van der Waals surface area contributed by atoms with Crippen molar-refractivity contribution in [2.45, 2.75) is 23.8 Å². The molecule has 6 nitrogen and oxygen atoms in total. The van der Waals surface area contributed by atoms with Gasteiger partial charge in [-0.3, -0.25) is 0 Å². The van der Waals surface area contributed by atoms with Gasteiger partial charge in [0.05, 0.1) is 16.1 Å². The van der Waals surface area contributed by atoms with Crippen molar-refractivity contribution in [3.8, 4) is 0 Å². The van der Waals surface area contributed by atoms with Crippen LogP contribution >= 0.6 is 39.1 Å². The first kappa shape index (κ1) is 16.8. The van der Waals surface area contributed by atoms with Crippen molar-refractivity contribution in [3.05, 3.63) is 26.7 Å². The number of halogens is 3. The molecule has 0 radical (unpaired) electrons. The van der Waals surface area contributed by atoms with Crippen LogP contribution in [0, 0.1) is 5.92 Å². The molecule has 0 bridgehead atoms. The third-order valence-electron chi connectivity index (χ3n) is 3.04. The van der Waals surface area contributed by atoms with E-state index in [4.69, 9.17) is 34.1 Å². The summed E-state index contributed by atoms with van der Waals surface area (Å²) in [5.74, 6) is -0.186. The van der Waals surface area contributed by atoms with E-state index in [1.165, 1.54) is 12.1 Å². The fourth-order valence-corrected chi connectivity index (χ4v) is 5.12. The number of hydrogen-bond acceptors (Lipinski definition) is 4. The van der Waals surface area contributed by atoms with E-state index in [9.17, 15) is 8.42 Å². The van der Waals surface area contributed by atoms with E-state index in [2.05, 4.69) is 25.8 Å². The van der Waals surface area contributed by atoms with E-state index in [1.54, 1.807) is 0 Å². The van der Waals surface area contributed by atoms with Crippen molar-refractivity contribution in [3.63, 3.8) is 0 Å². The van der Waals surface area contributed by atoms with E-state index >= 15 is 0 Å². The molecule has 1 aromatic carbocycles. The maximum Gasteiger partial charge on any atom is 0.244 e. The van der Waals surface area contributed by atoms with Gasteiger partial charge in [-0.25, -0.2) is 13.1 Å². The lowest BCUT2D eigenvalue weighted by molar-refractivity contribution is 0.314. The Labute approximate surface area is 140 Å². The van der Waals surface area contributed by atoms with Crippen LogP contribution in [0.1, 0.15) is 12.8 Å². The van der Waals surface area contributed by atoms with Gasteiger partial charge in [0.1, 0.15) is 4.90 Å². The van der Waals surface area contributed by atoms with Gasteiger partial charge in [0, 0.05) is 4.47 Å². The highest BCUT2D eigenvalue weighted by Crippen LogP contribution is 2.36. The summed E-state index contributed by atoms with van der Waals surface area (Å²) >= 11 is 15.1. The van der Waals surface area contributed by atoms with Gasteiger partial charge in [0.25, 0.3) is 0 Å². The van der Waals surface area contributed by atoms with Crippen LogP contribution in [-0.2, 0) is 10.0 Å². The Balaban J connectivity index is 2.38. The molecule has 0 aromatic heterocycles. The maximum atomic E-state index is 12.5. The fourth-order valence-electron chi connectivity index (χ4n) is 1.90. The van der Waals surface area contributed by atoms with Crippen molar-refractivity contribution in [2.24, 2.45) is 16.8 Å². The molecule has 1 atom stereocenters. The number of hydrogen-bond donors (Lipinski definition) is 3. The van der Waals surface area contributed by atoms with Crippen LogP contribution in [0.25, 0.3) is 0 Å². The normalized spacial score (nSPS) is 17.8. The van der Waals surface area contributed by atoms with Crippen LogP contribution < -0.4 is 10.5 Å². The van der Waals surface area contributed by atoms with Crippen LogP contribution in [0.4, 0.5) is 0 Å². The van der Waals surface area contributed by atoms with Crippen LogP contribution in [-0.4, -0.2) is 25.5 Å². The number of rotatable bonds is 5. The highest BCUT2D eigenvalue weighted by atomic mass is 79.9. The van der Waals surface area contributed by atoms with E-state index < -0.39 is 16.1 Å². The van der Waals surface area contributed by atoms with Gasteiger partial charge in [0.2, 0.25) is 10.0 Å². The summed E-state index contributed by atoms with van der Waals surface area (Å²) in [6.45, 7) is 0. The molecule has 1 aliphatic rings. The van der Waals surface area contributed by atoms with Gasteiger partial charge in [-0.15, -0.1) is 0 Å². The minimum absolute atomic E-state index is 0.00340. The average molecular weight is 417 g/mol. The number of oxime groups is 1. The highest BCUT2D eigenvalue weighted by molar-refractivity contribution is 9.10. The van der Waals surface area contributed by atoms with Gasteiger partial charge in [-0.2, -0.15) is 0 Å². The molecule has 1 aromatic rings. The SMILES string of the molecule is NC(=NO)C(NS(=O)(=O)c1c(Cl)cc(Br)cc1Cl)C1CC1. The Morgan fingerprint density at radius 2 is 1.95 bits per heavy atom. The lowest BCUT2D eigenvalue weighted by Crippen LogP contribution is -2.46. The number of sulfonamides is 1. The first-order valence-corrected chi connectivity index (χ1v) is 8.93. The van der Waals surface area contributed by atoms with Crippen LogP contribution in [0.3, 0.4) is 0 Å². The number of amidine groups is 1. The molecule has 1 unspecified atom stereocenters. The molecule has 21 heavy (non-hydrogen) atoms. The number of nitrogens with two attached hydrogens (primary N) is 1. The van der Waals surface area contributed by atoms with Gasteiger partial charge in [-0.1, -0.05) is 44.3 Å². The molecule has 0 saturated heterocycles. The zero-order chi connectivity index (χ0) is 15.8. The van der Waals surface area contributed by atoms with Crippen LogP contribution in [0.5, 0.6) is 0 Å². The minimum atomic E-state index is -4.00. The van der Waals surface area contributed by atoms with Crippen molar-refractivity contribution < 1.29 is 13.6 Å². The number of nitrogens with one attached hydrogen (secondary N) is 1. The Hall–Kier alpha value is -0.540. The molecular formula is C11H12BrCl2N3O3S. The van der Waals surface area contributed by atoms with Crippen LogP contribution in [0.15, 0.2) is 26.7 Å². The molecule has 2 rings (SSSR count). The van der Waals surface area contributed by atoms with Gasteiger partial charge < -0.3 is 10.9 Å². The predicted octanol–water partition coefficient (Wildman–Crippen LogP) is 2.56. The second-order valence-corrected chi connectivity index (χ2v) is 8.04. The Morgan fingerprint density at radius 3 is 2.38 bits per heavy atom. The standard InChI is InChI=1S/C11H12BrCl2N3O3S/c12-6-3-7(13)10(8(14)4-6)21(19,20)17-9(5-1-2-5)11(15)16-18/h3-5,9,17-18H,1-2H2,(H2,15,16). The summed E-state index contributed by atoms with van der Waals surface area (Å²) in [6.07, 6.45) is 1.59. The lowest BCUT2D eigenvalue weighted by atomic mass is 10.2. The molecule has 0 aliphatic heterocycles. The molecule has 0 spiro atoms. The highest BCUT2D eigenvalue weighted by Gasteiger charge is 2.38. The van der Waals surface area contributed by atoms with Gasteiger partial charge in [0.15, 0.2) is 5.84 Å². The predicted molar refractivity (Wildman–Crippen MR) is 84.4 cm³/mol. The first-order valence-electron chi connectivity index (χ1n) is 5.90.